The van der Waals surface area contributed by atoms with Crippen molar-refractivity contribution in [2.45, 2.75) is 33.1 Å². The third-order valence-corrected chi connectivity index (χ3v) is 1.15. The molecule has 0 aromatic heterocycles. The molecule has 2 heteroatoms. The number of amides is 1. The molecular formula is C9H15NO. The summed E-state index contributed by atoms with van der Waals surface area (Å²) in [6.45, 7) is 4.46. The fourth-order valence-corrected chi connectivity index (χ4v) is 0.646. The minimum atomic E-state index is 0.0953. The molecule has 0 bridgehead atoms. The fourth-order valence-electron chi connectivity index (χ4n) is 0.646. The van der Waals surface area contributed by atoms with Gasteiger partial charge in [0.05, 0.1) is 6.54 Å². The molecule has 0 unspecified atom stereocenters. The third-order valence-electron chi connectivity index (χ3n) is 1.15. The zero-order valence-electron chi connectivity index (χ0n) is 7.24. The molecule has 0 aromatic rings. The van der Waals surface area contributed by atoms with E-state index in [1.54, 1.807) is 0 Å². The quantitative estimate of drug-likeness (QED) is 0.609. The predicted molar refractivity (Wildman–Crippen MR) is 46.0 cm³/mol. The highest BCUT2D eigenvalue weighted by Gasteiger charge is 1.93. The van der Waals surface area contributed by atoms with Crippen LogP contribution in [0.5, 0.6) is 0 Å². The molecule has 0 saturated heterocycles. The first-order valence-corrected chi connectivity index (χ1v) is 4.03. The van der Waals surface area contributed by atoms with Crippen LogP contribution in [-0.4, -0.2) is 12.5 Å². The molecule has 0 aliphatic heterocycles. The van der Waals surface area contributed by atoms with Gasteiger partial charge in [-0.05, 0) is 6.42 Å². The molecule has 0 saturated carbocycles. The Kier molecular flexibility index (Phi) is 6.51. The third kappa shape index (κ3) is 6.92. The molecule has 0 rings (SSSR count). The Hall–Kier alpha value is -0.970. The van der Waals surface area contributed by atoms with Crippen molar-refractivity contribution in [3.8, 4) is 11.8 Å². The van der Waals surface area contributed by atoms with Crippen LogP contribution in [0.2, 0.25) is 0 Å². The molecule has 11 heavy (non-hydrogen) atoms. The van der Waals surface area contributed by atoms with Crippen molar-refractivity contribution in [2.75, 3.05) is 6.54 Å². The number of hydrogen-bond acceptors (Lipinski definition) is 1. The highest BCUT2D eigenvalue weighted by molar-refractivity contribution is 5.76. The Morgan fingerprint density at radius 1 is 1.36 bits per heavy atom. The highest BCUT2D eigenvalue weighted by atomic mass is 16.1. The topological polar surface area (TPSA) is 29.1 Å². The lowest BCUT2D eigenvalue weighted by atomic mass is 10.3. The number of carbonyl (C=O) groups excluding carboxylic acids is 1. The Balaban J connectivity index is 3.31. The van der Waals surface area contributed by atoms with Crippen LogP contribution in [0.3, 0.4) is 0 Å². The summed E-state index contributed by atoms with van der Waals surface area (Å²) in [4.78, 5) is 10.8. The van der Waals surface area contributed by atoms with E-state index in [9.17, 15) is 4.79 Å². The van der Waals surface area contributed by atoms with E-state index in [4.69, 9.17) is 0 Å². The number of hydrogen-bond donors (Lipinski definition) is 1. The Bertz CT molecular complexity index is 164. The second-order valence-corrected chi connectivity index (χ2v) is 2.23. The summed E-state index contributed by atoms with van der Waals surface area (Å²) >= 11 is 0. The standard InChI is InChI=1S/C9H15NO/c1-3-5-6-8-10-9(11)7-4-2/h3-4,7-8H2,1-2H3,(H,10,11). The van der Waals surface area contributed by atoms with Gasteiger partial charge in [-0.3, -0.25) is 4.79 Å². The summed E-state index contributed by atoms with van der Waals surface area (Å²) in [5.41, 5.74) is 0. The summed E-state index contributed by atoms with van der Waals surface area (Å²) in [6, 6.07) is 0. The normalized spacial score (nSPS) is 8.18. The van der Waals surface area contributed by atoms with Crippen LogP contribution >= 0.6 is 0 Å². The zero-order chi connectivity index (χ0) is 8.53. The summed E-state index contributed by atoms with van der Waals surface area (Å²) in [5, 5.41) is 2.71. The molecule has 0 heterocycles. The van der Waals surface area contributed by atoms with Crippen LogP contribution in [0.1, 0.15) is 33.1 Å². The van der Waals surface area contributed by atoms with E-state index in [1.165, 1.54) is 0 Å². The Morgan fingerprint density at radius 2 is 2.09 bits per heavy atom. The summed E-state index contributed by atoms with van der Waals surface area (Å²) < 4.78 is 0. The first-order valence-electron chi connectivity index (χ1n) is 4.03. The number of rotatable bonds is 3. The van der Waals surface area contributed by atoms with Crippen LogP contribution in [0, 0.1) is 11.8 Å². The lowest BCUT2D eigenvalue weighted by molar-refractivity contribution is -0.120. The molecule has 0 aliphatic rings. The number of carbonyl (C=O) groups is 1. The molecule has 0 atom stereocenters. The largest absolute Gasteiger partial charge is 0.345 e. The van der Waals surface area contributed by atoms with Crippen LogP contribution in [0.25, 0.3) is 0 Å². The van der Waals surface area contributed by atoms with E-state index >= 15 is 0 Å². The lowest BCUT2D eigenvalue weighted by Gasteiger charge is -1.96. The van der Waals surface area contributed by atoms with Gasteiger partial charge >= 0.3 is 0 Å². The van der Waals surface area contributed by atoms with Crippen molar-refractivity contribution in [3.05, 3.63) is 0 Å². The Labute approximate surface area is 68.4 Å². The van der Waals surface area contributed by atoms with Gasteiger partial charge in [-0.2, -0.15) is 0 Å². The van der Waals surface area contributed by atoms with Gasteiger partial charge in [-0.15, -0.1) is 5.92 Å². The summed E-state index contributed by atoms with van der Waals surface area (Å²) in [5.74, 6) is 5.82. The van der Waals surface area contributed by atoms with E-state index in [0.717, 1.165) is 12.8 Å². The second kappa shape index (κ2) is 7.14. The second-order valence-electron chi connectivity index (χ2n) is 2.23. The average molecular weight is 153 g/mol. The smallest absolute Gasteiger partial charge is 0.220 e. The van der Waals surface area contributed by atoms with Crippen molar-refractivity contribution < 1.29 is 4.79 Å². The highest BCUT2D eigenvalue weighted by Crippen LogP contribution is 1.83. The molecule has 1 N–H and O–H groups in total. The molecule has 0 aromatic carbocycles. The van der Waals surface area contributed by atoms with Crippen LogP contribution in [0.4, 0.5) is 0 Å². The van der Waals surface area contributed by atoms with Crippen molar-refractivity contribution >= 4 is 5.91 Å². The van der Waals surface area contributed by atoms with Gasteiger partial charge in [-0.25, -0.2) is 0 Å². The van der Waals surface area contributed by atoms with E-state index in [-0.39, 0.29) is 5.91 Å². The molecule has 2 nitrogen and oxygen atoms in total. The van der Waals surface area contributed by atoms with Gasteiger partial charge in [0.15, 0.2) is 0 Å². The van der Waals surface area contributed by atoms with Gasteiger partial charge in [0.1, 0.15) is 0 Å². The van der Waals surface area contributed by atoms with E-state index in [2.05, 4.69) is 17.2 Å². The fraction of sp³-hybridized carbons (Fsp3) is 0.667. The van der Waals surface area contributed by atoms with Crippen molar-refractivity contribution in [1.29, 1.82) is 0 Å². The summed E-state index contributed by atoms with van der Waals surface area (Å²) in [7, 11) is 0. The van der Waals surface area contributed by atoms with Gasteiger partial charge in [-0.1, -0.05) is 19.8 Å². The van der Waals surface area contributed by atoms with Gasteiger partial charge in [0.2, 0.25) is 5.91 Å². The maximum absolute atomic E-state index is 10.8. The van der Waals surface area contributed by atoms with Crippen LogP contribution in [0.15, 0.2) is 0 Å². The SMILES string of the molecule is CCC#CCNC(=O)CCC. The lowest BCUT2D eigenvalue weighted by Crippen LogP contribution is -2.22. The molecule has 62 valence electrons. The van der Waals surface area contributed by atoms with Gasteiger partial charge in [0, 0.05) is 12.8 Å². The van der Waals surface area contributed by atoms with E-state index < -0.39 is 0 Å². The molecular weight excluding hydrogens is 138 g/mol. The average Bonchev–Trinajstić information content (AvgIpc) is 1.99. The monoisotopic (exact) mass is 153 g/mol. The maximum Gasteiger partial charge on any atom is 0.220 e. The van der Waals surface area contributed by atoms with Crippen LogP contribution in [-0.2, 0) is 4.79 Å². The molecule has 0 aliphatic carbocycles. The van der Waals surface area contributed by atoms with Crippen molar-refractivity contribution in [2.24, 2.45) is 0 Å². The predicted octanol–water partition coefficient (Wildman–Crippen LogP) is 1.32. The van der Waals surface area contributed by atoms with Crippen molar-refractivity contribution in [1.82, 2.24) is 5.32 Å². The molecule has 1 amide bonds. The van der Waals surface area contributed by atoms with Crippen molar-refractivity contribution in [3.63, 3.8) is 0 Å². The molecule has 0 fully saturated rings. The van der Waals surface area contributed by atoms with Gasteiger partial charge < -0.3 is 5.32 Å². The van der Waals surface area contributed by atoms with Gasteiger partial charge in [0.25, 0.3) is 0 Å². The molecule has 0 spiro atoms. The number of nitrogens with one attached hydrogen (secondary N) is 1. The minimum Gasteiger partial charge on any atom is -0.345 e. The van der Waals surface area contributed by atoms with E-state index in [1.807, 2.05) is 13.8 Å². The van der Waals surface area contributed by atoms with Crippen LogP contribution < -0.4 is 5.32 Å². The first-order chi connectivity index (χ1) is 5.31. The van der Waals surface area contributed by atoms with E-state index in [0.29, 0.717) is 13.0 Å². The summed E-state index contributed by atoms with van der Waals surface area (Å²) in [6.07, 6.45) is 2.35. The molecule has 0 radical (unpaired) electrons. The Morgan fingerprint density at radius 3 is 2.64 bits per heavy atom. The zero-order valence-corrected chi connectivity index (χ0v) is 7.24. The first kappa shape index (κ1) is 10.0. The maximum atomic E-state index is 10.8. The minimum absolute atomic E-state index is 0.0953.